The Balaban J connectivity index is 2.42. The first-order valence-electron chi connectivity index (χ1n) is 5.50. The standard InChI is InChI=1S/C14H15FOS/c1-8-4-5-12(15)11(6-8)14(16)13-7-9(2)10(3)17-13/h4-7,14,16H,1-3H3. The summed E-state index contributed by atoms with van der Waals surface area (Å²) in [6, 6.07) is 6.73. The van der Waals surface area contributed by atoms with Crippen LogP contribution in [-0.4, -0.2) is 5.11 Å². The smallest absolute Gasteiger partial charge is 0.129 e. The molecule has 1 N–H and O–H groups in total. The van der Waals surface area contributed by atoms with Gasteiger partial charge in [-0.25, -0.2) is 4.39 Å². The predicted molar refractivity (Wildman–Crippen MR) is 69.0 cm³/mol. The van der Waals surface area contributed by atoms with Crippen molar-refractivity contribution in [3.8, 4) is 0 Å². The zero-order chi connectivity index (χ0) is 12.6. The van der Waals surface area contributed by atoms with Crippen molar-refractivity contribution < 1.29 is 9.50 Å². The highest BCUT2D eigenvalue weighted by molar-refractivity contribution is 7.12. The van der Waals surface area contributed by atoms with E-state index in [1.807, 2.05) is 26.8 Å². The van der Waals surface area contributed by atoms with Gasteiger partial charge in [-0.2, -0.15) is 0 Å². The van der Waals surface area contributed by atoms with Crippen molar-refractivity contribution in [3.63, 3.8) is 0 Å². The highest BCUT2D eigenvalue weighted by Gasteiger charge is 2.17. The Bertz CT molecular complexity index is 526. The van der Waals surface area contributed by atoms with Crippen LogP contribution in [0.2, 0.25) is 0 Å². The Kier molecular flexibility index (Phi) is 3.31. The molecule has 3 heteroatoms. The highest BCUT2D eigenvalue weighted by atomic mass is 32.1. The molecule has 0 aliphatic heterocycles. The highest BCUT2D eigenvalue weighted by Crippen LogP contribution is 2.32. The number of thiophene rings is 1. The molecule has 0 saturated carbocycles. The van der Waals surface area contributed by atoms with E-state index in [4.69, 9.17) is 0 Å². The van der Waals surface area contributed by atoms with Crippen LogP contribution < -0.4 is 0 Å². The van der Waals surface area contributed by atoms with E-state index in [1.54, 1.807) is 12.1 Å². The SMILES string of the molecule is Cc1ccc(F)c(C(O)c2cc(C)c(C)s2)c1. The number of halogens is 1. The topological polar surface area (TPSA) is 20.2 Å². The molecule has 0 fully saturated rings. The van der Waals surface area contributed by atoms with Crippen molar-refractivity contribution in [3.05, 3.63) is 56.5 Å². The molecule has 1 aromatic heterocycles. The number of aliphatic hydroxyl groups excluding tert-OH is 1. The van der Waals surface area contributed by atoms with Gasteiger partial charge in [-0.15, -0.1) is 11.3 Å². The Morgan fingerprint density at radius 1 is 1.18 bits per heavy atom. The third-order valence-corrected chi connectivity index (χ3v) is 4.11. The van der Waals surface area contributed by atoms with E-state index >= 15 is 0 Å². The van der Waals surface area contributed by atoms with Crippen LogP contribution in [0.1, 0.15) is 32.5 Å². The molecule has 17 heavy (non-hydrogen) atoms. The average molecular weight is 250 g/mol. The molecule has 1 unspecified atom stereocenters. The molecular weight excluding hydrogens is 235 g/mol. The lowest BCUT2D eigenvalue weighted by Crippen LogP contribution is -2.01. The first kappa shape index (κ1) is 12.3. The number of aryl methyl sites for hydroxylation is 3. The van der Waals surface area contributed by atoms with Gasteiger partial charge in [-0.1, -0.05) is 17.7 Å². The molecular formula is C14H15FOS. The molecule has 0 spiro atoms. The zero-order valence-corrected chi connectivity index (χ0v) is 10.9. The van der Waals surface area contributed by atoms with E-state index in [0.29, 0.717) is 5.56 Å². The fraction of sp³-hybridized carbons (Fsp3) is 0.286. The van der Waals surface area contributed by atoms with Crippen molar-refractivity contribution in [2.75, 3.05) is 0 Å². The van der Waals surface area contributed by atoms with E-state index < -0.39 is 6.10 Å². The van der Waals surface area contributed by atoms with Gasteiger partial charge in [-0.3, -0.25) is 0 Å². The van der Waals surface area contributed by atoms with Crippen molar-refractivity contribution >= 4 is 11.3 Å². The van der Waals surface area contributed by atoms with Gasteiger partial charge in [-0.05, 0) is 38.5 Å². The normalized spacial score (nSPS) is 12.8. The van der Waals surface area contributed by atoms with E-state index in [-0.39, 0.29) is 5.82 Å². The minimum Gasteiger partial charge on any atom is -0.383 e. The molecule has 1 atom stereocenters. The summed E-state index contributed by atoms with van der Waals surface area (Å²) in [5, 5.41) is 10.2. The van der Waals surface area contributed by atoms with E-state index in [0.717, 1.165) is 20.9 Å². The molecule has 0 amide bonds. The maximum Gasteiger partial charge on any atom is 0.129 e. The second-order valence-corrected chi connectivity index (χ2v) is 5.60. The molecule has 1 nitrogen and oxygen atoms in total. The Morgan fingerprint density at radius 2 is 1.88 bits per heavy atom. The number of rotatable bonds is 2. The molecule has 0 aliphatic carbocycles. The third-order valence-electron chi connectivity index (χ3n) is 2.90. The van der Waals surface area contributed by atoms with E-state index in [1.165, 1.54) is 17.4 Å². The molecule has 2 rings (SSSR count). The van der Waals surface area contributed by atoms with Crippen molar-refractivity contribution in [2.24, 2.45) is 0 Å². The third kappa shape index (κ3) is 2.40. The van der Waals surface area contributed by atoms with E-state index in [2.05, 4.69) is 0 Å². The van der Waals surface area contributed by atoms with Gasteiger partial charge >= 0.3 is 0 Å². The molecule has 0 saturated heterocycles. The Hall–Kier alpha value is -1.19. The van der Waals surface area contributed by atoms with Crippen molar-refractivity contribution in [1.29, 1.82) is 0 Å². The molecule has 0 aliphatic rings. The first-order chi connectivity index (χ1) is 7.99. The Morgan fingerprint density at radius 3 is 2.47 bits per heavy atom. The zero-order valence-electron chi connectivity index (χ0n) is 10.1. The van der Waals surface area contributed by atoms with Crippen LogP contribution in [0.25, 0.3) is 0 Å². The van der Waals surface area contributed by atoms with Crippen LogP contribution in [0, 0.1) is 26.6 Å². The maximum atomic E-state index is 13.7. The minimum absolute atomic E-state index is 0.353. The minimum atomic E-state index is -0.868. The van der Waals surface area contributed by atoms with Crippen LogP contribution in [0.5, 0.6) is 0 Å². The van der Waals surface area contributed by atoms with Gasteiger partial charge < -0.3 is 5.11 Å². The largest absolute Gasteiger partial charge is 0.383 e. The summed E-state index contributed by atoms with van der Waals surface area (Å²) in [5.41, 5.74) is 2.44. The molecule has 1 aromatic carbocycles. The van der Waals surface area contributed by atoms with Crippen molar-refractivity contribution in [1.82, 2.24) is 0 Å². The number of aliphatic hydroxyl groups is 1. The van der Waals surface area contributed by atoms with E-state index in [9.17, 15) is 9.50 Å². The summed E-state index contributed by atoms with van der Waals surface area (Å²) in [5.74, 6) is -0.355. The fourth-order valence-electron chi connectivity index (χ4n) is 1.76. The summed E-state index contributed by atoms with van der Waals surface area (Å²) >= 11 is 1.52. The second kappa shape index (κ2) is 4.59. The summed E-state index contributed by atoms with van der Waals surface area (Å²) in [6.45, 7) is 5.89. The van der Waals surface area contributed by atoms with Gasteiger partial charge in [0.05, 0.1) is 0 Å². The van der Waals surface area contributed by atoms with Crippen LogP contribution in [-0.2, 0) is 0 Å². The summed E-state index contributed by atoms with van der Waals surface area (Å²) in [4.78, 5) is 1.96. The van der Waals surface area contributed by atoms with Crippen molar-refractivity contribution in [2.45, 2.75) is 26.9 Å². The summed E-state index contributed by atoms with van der Waals surface area (Å²) < 4.78 is 13.7. The van der Waals surface area contributed by atoms with Crippen LogP contribution in [0.3, 0.4) is 0 Å². The van der Waals surface area contributed by atoms with Crippen LogP contribution >= 0.6 is 11.3 Å². The molecule has 0 radical (unpaired) electrons. The Labute approximate surface area is 105 Å². The first-order valence-corrected chi connectivity index (χ1v) is 6.31. The van der Waals surface area contributed by atoms with Crippen LogP contribution in [0.4, 0.5) is 4.39 Å². The molecule has 2 aromatic rings. The summed E-state index contributed by atoms with van der Waals surface area (Å²) in [6.07, 6.45) is -0.868. The molecule has 1 heterocycles. The lowest BCUT2D eigenvalue weighted by molar-refractivity contribution is 0.218. The fourth-order valence-corrected chi connectivity index (χ4v) is 2.81. The quantitative estimate of drug-likeness (QED) is 0.857. The van der Waals surface area contributed by atoms with Gasteiger partial charge in [0.2, 0.25) is 0 Å². The van der Waals surface area contributed by atoms with Crippen LogP contribution in [0.15, 0.2) is 24.3 Å². The number of benzene rings is 1. The molecule has 90 valence electrons. The average Bonchev–Trinajstić information content (AvgIpc) is 2.62. The summed E-state index contributed by atoms with van der Waals surface area (Å²) in [7, 11) is 0. The van der Waals surface area contributed by atoms with Gasteiger partial charge in [0.15, 0.2) is 0 Å². The van der Waals surface area contributed by atoms with Gasteiger partial charge in [0.1, 0.15) is 11.9 Å². The maximum absolute atomic E-state index is 13.7. The monoisotopic (exact) mass is 250 g/mol. The van der Waals surface area contributed by atoms with Gasteiger partial charge in [0, 0.05) is 15.3 Å². The second-order valence-electron chi connectivity index (χ2n) is 4.32. The predicted octanol–water partition coefficient (Wildman–Crippen LogP) is 3.89. The number of hydrogen-bond donors (Lipinski definition) is 1. The lowest BCUT2D eigenvalue weighted by Gasteiger charge is -2.10. The lowest BCUT2D eigenvalue weighted by atomic mass is 10.0. The molecule has 0 bridgehead atoms. The number of hydrogen-bond acceptors (Lipinski definition) is 2. The van der Waals surface area contributed by atoms with Gasteiger partial charge in [0.25, 0.3) is 0 Å².